The van der Waals surface area contributed by atoms with Crippen LogP contribution in [-0.2, 0) is 6.42 Å². The van der Waals surface area contributed by atoms with Gasteiger partial charge < -0.3 is 4.90 Å². The normalized spacial score (nSPS) is 12.5. The molecule has 6 heteroatoms. The highest BCUT2D eigenvalue weighted by atomic mass is 32.1. The molecule has 36 heavy (non-hydrogen) atoms. The molecule has 1 aliphatic heterocycles. The Morgan fingerprint density at radius 1 is 0.889 bits per heavy atom. The molecule has 5 nitrogen and oxygen atoms in total. The Hall–Kier alpha value is -4.29. The summed E-state index contributed by atoms with van der Waals surface area (Å²) in [6, 6.07) is 27.4. The minimum Gasteiger partial charge on any atom is -0.308 e. The van der Waals surface area contributed by atoms with E-state index < -0.39 is 0 Å². The SMILES string of the molecule is Cc1cccc(C(=O)N2CCc3cc(-c4csc(NC(=O)c5ccc6ccccc6c5)n4)ccc32)c1. The van der Waals surface area contributed by atoms with Crippen LogP contribution in [0.4, 0.5) is 10.8 Å². The van der Waals surface area contributed by atoms with Gasteiger partial charge >= 0.3 is 0 Å². The zero-order valence-corrected chi connectivity index (χ0v) is 20.5. The summed E-state index contributed by atoms with van der Waals surface area (Å²) in [6.45, 7) is 2.66. The maximum atomic E-state index is 13.1. The maximum absolute atomic E-state index is 13.1. The number of hydrogen-bond donors (Lipinski definition) is 1. The average molecular weight is 490 g/mol. The lowest BCUT2D eigenvalue weighted by atomic mass is 10.1. The van der Waals surface area contributed by atoms with Gasteiger partial charge in [-0.25, -0.2) is 4.98 Å². The van der Waals surface area contributed by atoms with Crippen molar-refractivity contribution in [3.8, 4) is 11.3 Å². The number of nitrogens with zero attached hydrogens (tertiary/aromatic N) is 2. The topological polar surface area (TPSA) is 62.3 Å². The number of carbonyl (C=O) groups is 2. The van der Waals surface area contributed by atoms with Crippen LogP contribution in [0.2, 0.25) is 0 Å². The molecule has 1 N–H and O–H groups in total. The minimum atomic E-state index is -0.180. The smallest absolute Gasteiger partial charge is 0.258 e. The van der Waals surface area contributed by atoms with Crippen molar-refractivity contribution in [1.82, 2.24) is 4.98 Å². The van der Waals surface area contributed by atoms with Gasteiger partial charge in [-0.05, 0) is 66.1 Å². The lowest BCUT2D eigenvalue weighted by molar-refractivity contribution is 0.0987. The molecular formula is C30H23N3O2S. The fraction of sp³-hybridized carbons (Fsp3) is 0.100. The number of nitrogens with one attached hydrogen (secondary N) is 1. The highest BCUT2D eigenvalue weighted by Crippen LogP contribution is 2.34. The van der Waals surface area contributed by atoms with Crippen LogP contribution in [0.15, 0.2) is 90.3 Å². The van der Waals surface area contributed by atoms with E-state index in [4.69, 9.17) is 0 Å². The predicted molar refractivity (Wildman–Crippen MR) is 146 cm³/mol. The second-order valence-corrected chi connectivity index (χ2v) is 9.83. The Kier molecular flexibility index (Phi) is 5.58. The van der Waals surface area contributed by atoms with Crippen molar-refractivity contribution < 1.29 is 9.59 Å². The number of thiazole rings is 1. The van der Waals surface area contributed by atoms with Crippen LogP contribution >= 0.6 is 11.3 Å². The molecule has 0 radical (unpaired) electrons. The summed E-state index contributed by atoms with van der Waals surface area (Å²) in [5.41, 5.74) is 6.23. The molecule has 1 aliphatic rings. The van der Waals surface area contributed by atoms with Crippen LogP contribution in [0.5, 0.6) is 0 Å². The second kappa shape index (κ2) is 9.06. The number of aromatic nitrogens is 1. The molecule has 0 saturated heterocycles. The molecule has 2 amide bonds. The van der Waals surface area contributed by atoms with Gasteiger partial charge in [-0.1, -0.05) is 54.1 Å². The average Bonchev–Trinajstić information content (AvgIpc) is 3.54. The van der Waals surface area contributed by atoms with Gasteiger partial charge in [-0.3, -0.25) is 14.9 Å². The molecule has 2 heterocycles. The molecule has 5 aromatic rings. The highest BCUT2D eigenvalue weighted by Gasteiger charge is 2.26. The van der Waals surface area contributed by atoms with Crippen molar-refractivity contribution in [2.45, 2.75) is 13.3 Å². The number of carbonyl (C=O) groups excluding carboxylic acids is 2. The van der Waals surface area contributed by atoms with Crippen LogP contribution in [0.1, 0.15) is 31.8 Å². The van der Waals surface area contributed by atoms with Gasteiger partial charge in [0.05, 0.1) is 5.69 Å². The molecular weight excluding hydrogens is 466 g/mol. The summed E-state index contributed by atoms with van der Waals surface area (Å²) in [4.78, 5) is 32.4. The van der Waals surface area contributed by atoms with Gasteiger partial charge in [0.2, 0.25) is 0 Å². The summed E-state index contributed by atoms with van der Waals surface area (Å²) in [7, 11) is 0. The number of fused-ring (bicyclic) bond motifs is 2. The Morgan fingerprint density at radius 3 is 2.61 bits per heavy atom. The summed E-state index contributed by atoms with van der Waals surface area (Å²) in [5.74, 6) is -0.154. The molecule has 1 aromatic heterocycles. The Labute approximate surface area is 213 Å². The molecule has 4 aromatic carbocycles. The van der Waals surface area contributed by atoms with E-state index in [-0.39, 0.29) is 11.8 Å². The number of aryl methyl sites for hydroxylation is 1. The zero-order chi connectivity index (χ0) is 24.6. The van der Waals surface area contributed by atoms with Crippen molar-refractivity contribution in [1.29, 1.82) is 0 Å². The van der Waals surface area contributed by atoms with E-state index >= 15 is 0 Å². The molecule has 6 rings (SSSR count). The minimum absolute atomic E-state index is 0.0255. The number of benzene rings is 4. The first-order chi connectivity index (χ1) is 17.5. The van der Waals surface area contributed by atoms with E-state index in [2.05, 4.69) is 16.4 Å². The zero-order valence-electron chi connectivity index (χ0n) is 19.7. The van der Waals surface area contributed by atoms with E-state index in [0.717, 1.165) is 45.3 Å². The molecule has 176 valence electrons. The molecule has 0 bridgehead atoms. The third kappa shape index (κ3) is 4.16. The number of hydrogen-bond acceptors (Lipinski definition) is 4. The quantitative estimate of drug-likeness (QED) is 0.305. The highest BCUT2D eigenvalue weighted by molar-refractivity contribution is 7.14. The van der Waals surface area contributed by atoms with Crippen LogP contribution in [0.25, 0.3) is 22.0 Å². The molecule has 0 unspecified atom stereocenters. The third-order valence-electron chi connectivity index (χ3n) is 6.52. The van der Waals surface area contributed by atoms with Gasteiger partial charge in [0, 0.05) is 34.3 Å². The third-order valence-corrected chi connectivity index (χ3v) is 7.28. The van der Waals surface area contributed by atoms with Crippen molar-refractivity contribution in [3.63, 3.8) is 0 Å². The first-order valence-electron chi connectivity index (χ1n) is 11.8. The van der Waals surface area contributed by atoms with E-state index in [1.807, 2.05) is 96.1 Å². The molecule has 0 spiro atoms. The number of amides is 2. The monoisotopic (exact) mass is 489 g/mol. The van der Waals surface area contributed by atoms with Crippen LogP contribution in [0.3, 0.4) is 0 Å². The number of rotatable bonds is 4. The van der Waals surface area contributed by atoms with Crippen molar-refractivity contribution >= 4 is 44.7 Å². The van der Waals surface area contributed by atoms with Gasteiger partial charge in [-0.15, -0.1) is 11.3 Å². The van der Waals surface area contributed by atoms with Crippen LogP contribution in [0, 0.1) is 6.92 Å². The Balaban J connectivity index is 1.19. The lowest BCUT2D eigenvalue weighted by Gasteiger charge is -2.18. The van der Waals surface area contributed by atoms with Crippen molar-refractivity contribution in [2.24, 2.45) is 0 Å². The van der Waals surface area contributed by atoms with Crippen molar-refractivity contribution in [2.75, 3.05) is 16.8 Å². The summed E-state index contributed by atoms with van der Waals surface area (Å²) < 4.78 is 0. The summed E-state index contributed by atoms with van der Waals surface area (Å²) in [5, 5.41) is 7.55. The van der Waals surface area contributed by atoms with Gasteiger partial charge in [-0.2, -0.15) is 0 Å². The fourth-order valence-electron chi connectivity index (χ4n) is 4.67. The van der Waals surface area contributed by atoms with E-state index in [0.29, 0.717) is 22.8 Å². The van der Waals surface area contributed by atoms with Crippen molar-refractivity contribution in [3.05, 3.63) is 113 Å². The summed E-state index contributed by atoms with van der Waals surface area (Å²) >= 11 is 1.40. The standard InChI is InChI=1S/C30H23N3O2S/c1-19-5-4-8-25(15-19)29(35)33-14-13-23-17-22(11-12-27(23)33)26-18-36-30(31-26)32-28(34)24-10-9-20-6-2-3-7-21(20)16-24/h2-12,15-18H,13-14H2,1H3,(H,31,32,34). The Morgan fingerprint density at radius 2 is 1.75 bits per heavy atom. The largest absolute Gasteiger partial charge is 0.308 e. The lowest BCUT2D eigenvalue weighted by Crippen LogP contribution is -2.28. The first kappa shape index (κ1) is 22.2. The summed E-state index contributed by atoms with van der Waals surface area (Å²) in [6.07, 6.45) is 0.802. The molecule has 0 aliphatic carbocycles. The predicted octanol–water partition coefficient (Wildman–Crippen LogP) is 6.73. The number of anilines is 2. The van der Waals surface area contributed by atoms with E-state index in [1.54, 1.807) is 0 Å². The van der Waals surface area contributed by atoms with Crippen LogP contribution < -0.4 is 10.2 Å². The van der Waals surface area contributed by atoms with Gasteiger partial charge in [0.15, 0.2) is 5.13 Å². The molecule has 0 atom stereocenters. The second-order valence-electron chi connectivity index (χ2n) is 8.97. The van der Waals surface area contributed by atoms with Gasteiger partial charge in [0.1, 0.15) is 0 Å². The molecule has 0 fully saturated rings. The van der Waals surface area contributed by atoms with Gasteiger partial charge in [0.25, 0.3) is 11.8 Å². The van der Waals surface area contributed by atoms with E-state index in [1.165, 1.54) is 11.3 Å². The Bertz CT molecular complexity index is 1640. The first-order valence-corrected chi connectivity index (χ1v) is 12.7. The van der Waals surface area contributed by atoms with E-state index in [9.17, 15) is 9.59 Å². The molecule has 0 saturated carbocycles. The van der Waals surface area contributed by atoms with Crippen LogP contribution in [-0.4, -0.2) is 23.3 Å². The maximum Gasteiger partial charge on any atom is 0.258 e. The fourth-order valence-corrected chi connectivity index (χ4v) is 5.38.